The van der Waals surface area contributed by atoms with Crippen molar-refractivity contribution in [3.8, 4) is 6.07 Å². The lowest BCUT2D eigenvalue weighted by atomic mass is 9.82. The lowest BCUT2D eigenvalue weighted by Gasteiger charge is -2.33. The number of nitriles is 1. The molecule has 0 aromatic heterocycles. The molecule has 0 aromatic rings. The molecular weight excluding hydrogens is 274 g/mol. The van der Waals surface area contributed by atoms with Crippen LogP contribution < -0.4 is 10.6 Å². The molecule has 1 amide bonds. The van der Waals surface area contributed by atoms with Crippen molar-refractivity contribution in [3.05, 3.63) is 11.8 Å². The van der Waals surface area contributed by atoms with Crippen LogP contribution in [-0.2, 0) is 4.79 Å². The van der Waals surface area contributed by atoms with E-state index in [9.17, 15) is 10.1 Å². The average Bonchev–Trinajstić information content (AvgIpc) is 2.37. The number of nitrogens with zero attached hydrogens (tertiary/aromatic N) is 1. The third-order valence-corrected chi connectivity index (χ3v) is 3.88. The molecule has 4 nitrogen and oxygen atoms in total. The van der Waals surface area contributed by atoms with Crippen molar-refractivity contribution in [3.63, 3.8) is 0 Å². The lowest BCUT2D eigenvalue weighted by Crippen LogP contribution is -2.41. The smallest absolute Gasteiger partial charge is 0.263 e. The van der Waals surface area contributed by atoms with E-state index in [1.165, 1.54) is 6.42 Å². The van der Waals surface area contributed by atoms with Gasteiger partial charge in [-0.05, 0) is 38.5 Å². The van der Waals surface area contributed by atoms with Crippen molar-refractivity contribution in [2.45, 2.75) is 84.7 Å². The fourth-order valence-corrected chi connectivity index (χ4v) is 3.30. The van der Waals surface area contributed by atoms with E-state index >= 15 is 0 Å². The summed E-state index contributed by atoms with van der Waals surface area (Å²) in [5, 5.41) is 15.5. The number of amides is 1. The molecule has 0 heterocycles. The molecule has 124 valence electrons. The van der Waals surface area contributed by atoms with Crippen LogP contribution in [0.5, 0.6) is 0 Å². The molecule has 0 aromatic carbocycles. The van der Waals surface area contributed by atoms with Crippen molar-refractivity contribution in [2.75, 3.05) is 0 Å². The highest BCUT2D eigenvalue weighted by Crippen LogP contribution is 2.26. The summed E-state index contributed by atoms with van der Waals surface area (Å²) >= 11 is 0. The highest BCUT2D eigenvalue weighted by molar-refractivity contribution is 5.97. The summed E-state index contributed by atoms with van der Waals surface area (Å²) in [6, 6.07) is 2.24. The van der Waals surface area contributed by atoms with E-state index in [-0.39, 0.29) is 28.5 Å². The molecule has 0 aliphatic heterocycles. The largest absolute Gasteiger partial charge is 0.385 e. The molecule has 0 unspecified atom stereocenters. The first kappa shape index (κ1) is 18.5. The Hall–Kier alpha value is -1.50. The fraction of sp³-hybridized carbons (Fsp3) is 0.778. The summed E-state index contributed by atoms with van der Waals surface area (Å²) in [5.41, 5.74) is 0.181. The molecule has 0 bridgehead atoms. The van der Waals surface area contributed by atoms with Gasteiger partial charge in [0.1, 0.15) is 11.6 Å². The molecule has 0 radical (unpaired) electrons. The summed E-state index contributed by atoms with van der Waals surface area (Å²) in [5.74, 6) is -0.256. The fourth-order valence-electron chi connectivity index (χ4n) is 3.30. The molecular formula is C18H31N3O. The molecule has 1 saturated carbocycles. The van der Waals surface area contributed by atoms with Crippen LogP contribution in [0.1, 0.15) is 73.1 Å². The van der Waals surface area contributed by atoms with Gasteiger partial charge in [-0.3, -0.25) is 4.79 Å². The topological polar surface area (TPSA) is 64.9 Å². The molecule has 0 spiro atoms. The van der Waals surface area contributed by atoms with Gasteiger partial charge in [0.2, 0.25) is 0 Å². The third-order valence-electron chi connectivity index (χ3n) is 3.88. The minimum absolute atomic E-state index is 0.160. The standard InChI is InChI=1S/C18H31N3O/c1-17(2,3)13-18(4,5)20-12-14(11-19)16(22)21-15-9-7-6-8-10-15/h12,15,20H,6-10,13H2,1-5H3,(H,21,22)/b14-12-. The van der Waals surface area contributed by atoms with Gasteiger partial charge in [-0.25, -0.2) is 0 Å². The van der Waals surface area contributed by atoms with Crippen LogP contribution in [0, 0.1) is 16.7 Å². The van der Waals surface area contributed by atoms with E-state index in [1.54, 1.807) is 6.20 Å². The van der Waals surface area contributed by atoms with Crippen molar-refractivity contribution in [1.29, 1.82) is 5.26 Å². The highest BCUT2D eigenvalue weighted by Gasteiger charge is 2.25. The molecule has 2 N–H and O–H groups in total. The molecule has 1 rings (SSSR count). The van der Waals surface area contributed by atoms with E-state index in [0.717, 1.165) is 32.1 Å². The summed E-state index contributed by atoms with van der Waals surface area (Å²) in [4.78, 5) is 12.2. The minimum atomic E-state index is -0.256. The number of hydrogen-bond donors (Lipinski definition) is 2. The Morgan fingerprint density at radius 3 is 2.27 bits per heavy atom. The van der Waals surface area contributed by atoms with Crippen molar-refractivity contribution < 1.29 is 4.79 Å². The Kier molecular flexibility index (Phi) is 6.47. The number of nitrogens with one attached hydrogen (secondary N) is 2. The molecule has 1 fully saturated rings. The molecule has 1 aliphatic rings. The van der Waals surface area contributed by atoms with E-state index < -0.39 is 0 Å². The van der Waals surface area contributed by atoms with Gasteiger partial charge < -0.3 is 10.6 Å². The predicted octanol–water partition coefficient (Wildman–Crippen LogP) is 3.65. The van der Waals surface area contributed by atoms with Gasteiger partial charge in [0, 0.05) is 17.8 Å². The SMILES string of the molecule is CC(C)(C)CC(C)(C)N/C=C(/C#N)C(=O)NC1CCCCC1. The van der Waals surface area contributed by atoms with Crippen LogP contribution in [0.3, 0.4) is 0 Å². The minimum Gasteiger partial charge on any atom is -0.385 e. The second-order valence-electron chi connectivity index (χ2n) is 8.24. The Morgan fingerprint density at radius 1 is 1.18 bits per heavy atom. The zero-order chi connectivity index (χ0) is 16.8. The Bertz CT molecular complexity index is 446. The second kappa shape index (κ2) is 7.67. The maximum absolute atomic E-state index is 12.2. The zero-order valence-corrected chi connectivity index (χ0v) is 14.8. The summed E-state index contributed by atoms with van der Waals surface area (Å²) < 4.78 is 0. The van der Waals surface area contributed by atoms with E-state index in [1.807, 2.05) is 6.07 Å². The van der Waals surface area contributed by atoms with Gasteiger partial charge in [0.05, 0.1) is 0 Å². The first-order valence-corrected chi connectivity index (χ1v) is 8.32. The van der Waals surface area contributed by atoms with Crippen LogP contribution in [0.2, 0.25) is 0 Å². The average molecular weight is 305 g/mol. The van der Waals surface area contributed by atoms with Gasteiger partial charge in [0.25, 0.3) is 5.91 Å². The van der Waals surface area contributed by atoms with E-state index in [4.69, 9.17) is 0 Å². The highest BCUT2D eigenvalue weighted by atomic mass is 16.1. The van der Waals surface area contributed by atoms with E-state index in [2.05, 4.69) is 45.3 Å². The lowest BCUT2D eigenvalue weighted by molar-refractivity contribution is -0.118. The summed E-state index contributed by atoms with van der Waals surface area (Å²) in [7, 11) is 0. The molecule has 4 heteroatoms. The number of rotatable bonds is 5. The first-order chi connectivity index (χ1) is 10.1. The number of hydrogen-bond acceptors (Lipinski definition) is 3. The summed E-state index contributed by atoms with van der Waals surface area (Å²) in [6.07, 6.45) is 8.13. The Balaban J connectivity index is 2.61. The van der Waals surface area contributed by atoms with Gasteiger partial charge in [-0.1, -0.05) is 40.0 Å². The molecule has 0 saturated heterocycles. The van der Waals surface area contributed by atoms with Crippen LogP contribution in [0.25, 0.3) is 0 Å². The first-order valence-electron chi connectivity index (χ1n) is 8.32. The monoisotopic (exact) mass is 305 g/mol. The van der Waals surface area contributed by atoms with Gasteiger partial charge in [-0.2, -0.15) is 5.26 Å². The van der Waals surface area contributed by atoms with Crippen LogP contribution in [0.15, 0.2) is 11.8 Å². The number of carbonyl (C=O) groups is 1. The molecule has 22 heavy (non-hydrogen) atoms. The van der Waals surface area contributed by atoms with Gasteiger partial charge in [0.15, 0.2) is 0 Å². The summed E-state index contributed by atoms with van der Waals surface area (Å²) in [6.45, 7) is 10.7. The molecule has 1 aliphatic carbocycles. The van der Waals surface area contributed by atoms with Gasteiger partial charge in [-0.15, -0.1) is 0 Å². The van der Waals surface area contributed by atoms with Crippen molar-refractivity contribution in [1.82, 2.24) is 10.6 Å². The van der Waals surface area contributed by atoms with E-state index in [0.29, 0.717) is 0 Å². The van der Waals surface area contributed by atoms with Gasteiger partial charge >= 0.3 is 0 Å². The predicted molar refractivity (Wildman–Crippen MR) is 90.0 cm³/mol. The van der Waals surface area contributed by atoms with Crippen LogP contribution in [0.4, 0.5) is 0 Å². The van der Waals surface area contributed by atoms with Crippen LogP contribution >= 0.6 is 0 Å². The van der Waals surface area contributed by atoms with Crippen molar-refractivity contribution >= 4 is 5.91 Å². The van der Waals surface area contributed by atoms with Crippen LogP contribution in [-0.4, -0.2) is 17.5 Å². The second-order valence-corrected chi connectivity index (χ2v) is 8.24. The number of carbonyl (C=O) groups excluding carboxylic acids is 1. The molecule has 0 atom stereocenters. The quantitative estimate of drug-likeness (QED) is 0.602. The van der Waals surface area contributed by atoms with Crippen molar-refractivity contribution in [2.24, 2.45) is 5.41 Å². The zero-order valence-electron chi connectivity index (χ0n) is 14.8. The third kappa shape index (κ3) is 6.98. The Morgan fingerprint density at radius 2 is 1.77 bits per heavy atom. The maximum atomic E-state index is 12.2. The normalized spacial score (nSPS) is 17.7. The maximum Gasteiger partial charge on any atom is 0.263 e. The Labute approximate surface area is 135 Å².